The van der Waals surface area contributed by atoms with Gasteiger partial charge in [0, 0.05) is 51.2 Å². The molecule has 7 nitrogen and oxygen atoms in total. The Bertz CT molecular complexity index is 788. The van der Waals surface area contributed by atoms with Gasteiger partial charge in [0.1, 0.15) is 5.82 Å². The lowest BCUT2D eigenvalue weighted by Crippen LogP contribution is -2.53. The summed E-state index contributed by atoms with van der Waals surface area (Å²) in [6.45, 7) is 2.87. The van der Waals surface area contributed by atoms with E-state index in [0.717, 1.165) is 5.82 Å². The van der Waals surface area contributed by atoms with Gasteiger partial charge in [0.2, 0.25) is 0 Å². The molecule has 2 fully saturated rings. The highest BCUT2D eigenvalue weighted by atomic mass is 16.2. The molecule has 4 rings (SSSR count). The number of urea groups is 1. The number of hydrogen-bond acceptors (Lipinski definition) is 3. The molecule has 0 aliphatic carbocycles. The topological polar surface area (TPSA) is 61.7 Å². The van der Waals surface area contributed by atoms with Gasteiger partial charge in [0.15, 0.2) is 0 Å². The van der Waals surface area contributed by atoms with Crippen LogP contribution in [0.2, 0.25) is 0 Å². The van der Waals surface area contributed by atoms with Crippen LogP contribution in [0.5, 0.6) is 0 Å². The van der Waals surface area contributed by atoms with Gasteiger partial charge in [0.25, 0.3) is 5.91 Å². The summed E-state index contributed by atoms with van der Waals surface area (Å²) < 4.78 is 1.93. The average molecular weight is 339 g/mol. The zero-order valence-electron chi connectivity index (χ0n) is 14.2. The first kappa shape index (κ1) is 15.7. The Hall–Kier alpha value is -2.83. The number of aromatic nitrogens is 2. The highest BCUT2D eigenvalue weighted by molar-refractivity contribution is 5.94. The zero-order chi connectivity index (χ0) is 17.4. The lowest BCUT2D eigenvalue weighted by Gasteiger charge is -2.36. The van der Waals surface area contributed by atoms with Crippen molar-refractivity contribution >= 4 is 11.9 Å². The Morgan fingerprint density at radius 3 is 2.72 bits per heavy atom. The summed E-state index contributed by atoms with van der Waals surface area (Å²) in [6.07, 6.45) is 3.62. The van der Waals surface area contributed by atoms with Crippen LogP contribution in [-0.4, -0.2) is 68.4 Å². The van der Waals surface area contributed by atoms with Gasteiger partial charge in [-0.1, -0.05) is 18.2 Å². The van der Waals surface area contributed by atoms with Gasteiger partial charge in [-0.2, -0.15) is 0 Å². The van der Waals surface area contributed by atoms with Gasteiger partial charge in [-0.05, 0) is 12.1 Å². The van der Waals surface area contributed by atoms with Crippen molar-refractivity contribution in [3.05, 3.63) is 54.1 Å². The smallest absolute Gasteiger partial charge is 0.320 e. The summed E-state index contributed by atoms with van der Waals surface area (Å²) in [5.74, 6) is 0.903. The second-order valence-electron chi connectivity index (χ2n) is 6.58. The van der Waals surface area contributed by atoms with Crippen LogP contribution in [0.4, 0.5) is 4.79 Å². The predicted octanol–water partition coefficient (Wildman–Crippen LogP) is 1.18. The molecule has 0 bridgehead atoms. The summed E-state index contributed by atoms with van der Waals surface area (Å²) in [5, 5.41) is 0. The first-order chi connectivity index (χ1) is 12.1. The molecule has 1 atom stereocenters. The molecule has 2 aliphatic rings. The molecule has 0 N–H and O–H groups in total. The van der Waals surface area contributed by atoms with E-state index < -0.39 is 0 Å². The van der Waals surface area contributed by atoms with Crippen LogP contribution in [0.3, 0.4) is 0 Å². The standard InChI is InChI=1S/C18H21N5O2/c1-20-8-7-19-16(20)13-22-12-15-11-21(9-10-23(15)18(22)25)17(24)14-5-3-2-4-6-14/h2-8,15H,9-13H2,1H3. The third kappa shape index (κ3) is 2.86. The molecular weight excluding hydrogens is 318 g/mol. The lowest BCUT2D eigenvalue weighted by molar-refractivity contribution is 0.0617. The van der Waals surface area contributed by atoms with Crippen molar-refractivity contribution in [2.75, 3.05) is 26.2 Å². The second-order valence-corrected chi connectivity index (χ2v) is 6.58. The van der Waals surface area contributed by atoms with Gasteiger partial charge in [0.05, 0.1) is 12.6 Å². The van der Waals surface area contributed by atoms with Crippen molar-refractivity contribution < 1.29 is 9.59 Å². The fourth-order valence-electron chi connectivity index (χ4n) is 3.58. The van der Waals surface area contributed by atoms with E-state index in [2.05, 4.69) is 4.98 Å². The summed E-state index contributed by atoms with van der Waals surface area (Å²) in [6, 6.07) is 9.41. The van der Waals surface area contributed by atoms with E-state index in [1.807, 2.05) is 62.8 Å². The minimum absolute atomic E-state index is 0.0373. The Kier molecular flexibility index (Phi) is 3.91. The van der Waals surface area contributed by atoms with Crippen LogP contribution in [0.25, 0.3) is 0 Å². The molecule has 1 aromatic heterocycles. The van der Waals surface area contributed by atoms with Crippen molar-refractivity contribution in [1.29, 1.82) is 0 Å². The lowest BCUT2D eigenvalue weighted by atomic mass is 10.1. The molecule has 0 spiro atoms. The fraction of sp³-hybridized carbons (Fsp3) is 0.389. The Balaban J connectivity index is 1.44. The normalized spacial score (nSPS) is 20.1. The Morgan fingerprint density at radius 1 is 1.20 bits per heavy atom. The number of aryl methyl sites for hydroxylation is 1. The van der Waals surface area contributed by atoms with E-state index in [-0.39, 0.29) is 18.0 Å². The largest absolute Gasteiger partial charge is 0.337 e. The fourth-order valence-corrected chi connectivity index (χ4v) is 3.58. The molecule has 130 valence electrons. The van der Waals surface area contributed by atoms with Crippen LogP contribution in [0.15, 0.2) is 42.7 Å². The van der Waals surface area contributed by atoms with E-state index in [1.165, 1.54) is 0 Å². The maximum atomic E-state index is 12.6. The SMILES string of the molecule is Cn1ccnc1CN1CC2CN(C(=O)c3ccccc3)CCN2C1=O. The molecule has 0 radical (unpaired) electrons. The summed E-state index contributed by atoms with van der Waals surface area (Å²) in [4.78, 5) is 35.1. The molecule has 1 unspecified atom stereocenters. The van der Waals surface area contributed by atoms with E-state index in [9.17, 15) is 9.59 Å². The first-order valence-electron chi connectivity index (χ1n) is 8.49. The van der Waals surface area contributed by atoms with Crippen LogP contribution in [0.1, 0.15) is 16.2 Å². The van der Waals surface area contributed by atoms with Crippen molar-refractivity contribution in [2.45, 2.75) is 12.6 Å². The quantitative estimate of drug-likeness (QED) is 0.844. The van der Waals surface area contributed by atoms with E-state index >= 15 is 0 Å². The second kappa shape index (κ2) is 6.23. The van der Waals surface area contributed by atoms with E-state index in [1.54, 1.807) is 6.20 Å². The van der Waals surface area contributed by atoms with Gasteiger partial charge in [-0.3, -0.25) is 4.79 Å². The molecule has 25 heavy (non-hydrogen) atoms. The van der Waals surface area contributed by atoms with Gasteiger partial charge in [-0.15, -0.1) is 0 Å². The summed E-state index contributed by atoms with van der Waals surface area (Å²) in [7, 11) is 1.93. The number of carbonyl (C=O) groups is 2. The Morgan fingerprint density at radius 2 is 2.00 bits per heavy atom. The maximum Gasteiger partial charge on any atom is 0.320 e. The number of carbonyl (C=O) groups excluding carboxylic acids is 2. The molecular formula is C18H21N5O2. The van der Waals surface area contributed by atoms with Gasteiger partial charge in [-0.25, -0.2) is 9.78 Å². The number of piperazine rings is 1. The monoisotopic (exact) mass is 339 g/mol. The number of hydrogen-bond donors (Lipinski definition) is 0. The number of amides is 3. The van der Waals surface area contributed by atoms with Crippen LogP contribution in [-0.2, 0) is 13.6 Å². The number of benzene rings is 1. The number of imidazole rings is 1. The predicted molar refractivity (Wildman–Crippen MR) is 91.9 cm³/mol. The molecule has 3 amide bonds. The molecule has 3 heterocycles. The molecule has 2 saturated heterocycles. The molecule has 1 aromatic carbocycles. The minimum Gasteiger partial charge on any atom is -0.337 e. The van der Waals surface area contributed by atoms with Crippen molar-refractivity contribution in [1.82, 2.24) is 24.3 Å². The first-order valence-corrected chi connectivity index (χ1v) is 8.49. The average Bonchev–Trinajstić information content (AvgIpc) is 3.18. The van der Waals surface area contributed by atoms with Crippen molar-refractivity contribution in [3.8, 4) is 0 Å². The number of rotatable bonds is 3. The van der Waals surface area contributed by atoms with Crippen LogP contribution >= 0.6 is 0 Å². The zero-order valence-corrected chi connectivity index (χ0v) is 14.2. The molecule has 2 aromatic rings. The highest BCUT2D eigenvalue weighted by Gasteiger charge is 2.41. The number of fused-ring (bicyclic) bond motifs is 1. The van der Waals surface area contributed by atoms with E-state index in [4.69, 9.17) is 0 Å². The third-order valence-corrected chi connectivity index (χ3v) is 4.99. The third-order valence-electron chi connectivity index (χ3n) is 4.99. The van der Waals surface area contributed by atoms with E-state index in [0.29, 0.717) is 38.3 Å². The summed E-state index contributed by atoms with van der Waals surface area (Å²) >= 11 is 0. The van der Waals surface area contributed by atoms with Gasteiger partial charge >= 0.3 is 6.03 Å². The molecule has 7 heteroatoms. The van der Waals surface area contributed by atoms with Crippen molar-refractivity contribution in [2.24, 2.45) is 7.05 Å². The van der Waals surface area contributed by atoms with Gasteiger partial charge < -0.3 is 19.3 Å². The van der Waals surface area contributed by atoms with Crippen LogP contribution in [0, 0.1) is 0 Å². The Labute approximate surface area is 146 Å². The highest BCUT2D eigenvalue weighted by Crippen LogP contribution is 2.23. The van der Waals surface area contributed by atoms with Crippen LogP contribution < -0.4 is 0 Å². The molecule has 2 aliphatic heterocycles. The molecule has 0 saturated carbocycles. The number of nitrogens with zero attached hydrogens (tertiary/aromatic N) is 5. The summed E-state index contributed by atoms with van der Waals surface area (Å²) in [5.41, 5.74) is 0.699. The van der Waals surface area contributed by atoms with Crippen molar-refractivity contribution in [3.63, 3.8) is 0 Å². The maximum absolute atomic E-state index is 12.6. The minimum atomic E-state index is 0.0373.